The SMILES string of the molecule is Nc1ccc(O)cc1Sc1cccc(O)c1. The molecule has 0 saturated heterocycles. The van der Waals surface area contributed by atoms with Gasteiger partial charge in [-0.3, -0.25) is 0 Å². The Morgan fingerprint density at radius 2 is 1.69 bits per heavy atom. The summed E-state index contributed by atoms with van der Waals surface area (Å²) in [5.41, 5.74) is 6.38. The Hall–Kier alpha value is -1.81. The van der Waals surface area contributed by atoms with E-state index in [1.54, 1.807) is 36.4 Å². The van der Waals surface area contributed by atoms with Gasteiger partial charge in [0, 0.05) is 15.5 Å². The van der Waals surface area contributed by atoms with Gasteiger partial charge in [-0.05, 0) is 36.4 Å². The number of phenolic OH excluding ortho intramolecular Hbond substituents is 2. The lowest BCUT2D eigenvalue weighted by atomic mass is 10.3. The maximum atomic E-state index is 9.35. The summed E-state index contributed by atoms with van der Waals surface area (Å²) in [4.78, 5) is 1.64. The minimum atomic E-state index is 0.178. The van der Waals surface area contributed by atoms with Gasteiger partial charge in [-0.2, -0.15) is 0 Å². The molecule has 0 aromatic heterocycles. The molecule has 2 aromatic carbocycles. The topological polar surface area (TPSA) is 66.5 Å². The molecule has 0 aliphatic heterocycles. The van der Waals surface area contributed by atoms with Gasteiger partial charge in [-0.1, -0.05) is 17.8 Å². The van der Waals surface area contributed by atoms with Gasteiger partial charge in [-0.15, -0.1) is 0 Å². The summed E-state index contributed by atoms with van der Waals surface area (Å²) in [7, 11) is 0. The molecule has 0 unspecified atom stereocenters. The molecule has 0 amide bonds. The van der Waals surface area contributed by atoms with Crippen LogP contribution in [0.4, 0.5) is 5.69 Å². The maximum Gasteiger partial charge on any atom is 0.116 e. The van der Waals surface area contributed by atoms with Crippen LogP contribution in [0.5, 0.6) is 11.5 Å². The fourth-order valence-corrected chi connectivity index (χ4v) is 2.23. The highest BCUT2D eigenvalue weighted by molar-refractivity contribution is 7.99. The van der Waals surface area contributed by atoms with E-state index < -0.39 is 0 Å². The largest absolute Gasteiger partial charge is 0.508 e. The number of anilines is 1. The molecule has 0 atom stereocenters. The lowest BCUT2D eigenvalue weighted by Gasteiger charge is -2.06. The molecule has 0 aliphatic carbocycles. The number of aromatic hydroxyl groups is 2. The number of hydrogen-bond donors (Lipinski definition) is 3. The van der Waals surface area contributed by atoms with E-state index in [2.05, 4.69) is 0 Å². The van der Waals surface area contributed by atoms with E-state index in [4.69, 9.17) is 5.73 Å². The molecule has 4 heteroatoms. The van der Waals surface area contributed by atoms with Crippen LogP contribution in [-0.2, 0) is 0 Å². The molecule has 82 valence electrons. The molecule has 0 spiro atoms. The number of benzene rings is 2. The zero-order valence-electron chi connectivity index (χ0n) is 8.42. The number of phenols is 2. The van der Waals surface area contributed by atoms with Crippen molar-refractivity contribution in [2.24, 2.45) is 0 Å². The number of hydrogen-bond acceptors (Lipinski definition) is 4. The third-order valence-electron chi connectivity index (χ3n) is 2.04. The molecule has 0 radical (unpaired) electrons. The second kappa shape index (κ2) is 4.37. The standard InChI is InChI=1S/C12H11NO2S/c13-11-5-4-9(15)7-12(11)16-10-3-1-2-8(14)6-10/h1-7,14-15H,13H2. The average molecular weight is 233 g/mol. The van der Waals surface area contributed by atoms with Crippen LogP contribution in [0.1, 0.15) is 0 Å². The maximum absolute atomic E-state index is 9.35. The average Bonchev–Trinajstić information content (AvgIpc) is 2.24. The Morgan fingerprint density at radius 3 is 2.44 bits per heavy atom. The van der Waals surface area contributed by atoms with Crippen LogP contribution in [0.2, 0.25) is 0 Å². The summed E-state index contributed by atoms with van der Waals surface area (Å²) in [6.07, 6.45) is 0. The van der Waals surface area contributed by atoms with Crippen molar-refractivity contribution in [1.82, 2.24) is 0 Å². The Balaban J connectivity index is 2.30. The molecule has 0 saturated carbocycles. The van der Waals surface area contributed by atoms with Crippen molar-refractivity contribution in [3.8, 4) is 11.5 Å². The van der Waals surface area contributed by atoms with E-state index in [1.807, 2.05) is 6.07 Å². The molecule has 0 heterocycles. The third-order valence-corrected chi connectivity index (χ3v) is 3.11. The van der Waals surface area contributed by atoms with E-state index in [1.165, 1.54) is 11.8 Å². The van der Waals surface area contributed by atoms with E-state index in [9.17, 15) is 10.2 Å². The Kier molecular flexibility index (Phi) is 2.92. The molecular formula is C12H11NO2S. The van der Waals surface area contributed by atoms with Gasteiger partial charge in [0.05, 0.1) is 0 Å². The Bertz CT molecular complexity index is 514. The zero-order chi connectivity index (χ0) is 11.5. The first kappa shape index (κ1) is 10.7. The van der Waals surface area contributed by atoms with Crippen LogP contribution < -0.4 is 5.73 Å². The van der Waals surface area contributed by atoms with E-state index in [0.29, 0.717) is 5.69 Å². The summed E-state index contributed by atoms with van der Waals surface area (Å²) >= 11 is 1.40. The van der Waals surface area contributed by atoms with Crippen molar-refractivity contribution < 1.29 is 10.2 Å². The number of nitrogen functional groups attached to an aromatic ring is 1. The second-order valence-corrected chi connectivity index (χ2v) is 4.44. The van der Waals surface area contributed by atoms with Crippen molar-refractivity contribution in [3.63, 3.8) is 0 Å². The monoisotopic (exact) mass is 233 g/mol. The lowest BCUT2D eigenvalue weighted by Crippen LogP contribution is -1.87. The molecule has 4 N–H and O–H groups in total. The first-order valence-corrected chi connectivity index (χ1v) is 5.52. The summed E-state index contributed by atoms with van der Waals surface area (Å²) in [5, 5.41) is 18.7. The highest BCUT2D eigenvalue weighted by Crippen LogP contribution is 2.35. The van der Waals surface area contributed by atoms with Gasteiger partial charge in [0.25, 0.3) is 0 Å². The van der Waals surface area contributed by atoms with Crippen LogP contribution in [0.15, 0.2) is 52.3 Å². The molecular weight excluding hydrogens is 222 g/mol. The summed E-state index contributed by atoms with van der Waals surface area (Å²) < 4.78 is 0. The fourth-order valence-electron chi connectivity index (χ4n) is 1.29. The van der Waals surface area contributed by atoms with Crippen molar-refractivity contribution >= 4 is 17.4 Å². The molecule has 2 aromatic rings. The molecule has 3 nitrogen and oxygen atoms in total. The van der Waals surface area contributed by atoms with Gasteiger partial charge in [0.1, 0.15) is 11.5 Å². The van der Waals surface area contributed by atoms with Gasteiger partial charge >= 0.3 is 0 Å². The highest BCUT2D eigenvalue weighted by Gasteiger charge is 2.03. The predicted octanol–water partition coefficient (Wildman–Crippen LogP) is 2.83. The highest BCUT2D eigenvalue weighted by atomic mass is 32.2. The zero-order valence-corrected chi connectivity index (χ0v) is 9.24. The smallest absolute Gasteiger partial charge is 0.116 e. The van der Waals surface area contributed by atoms with Crippen LogP contribution in [0.25, 0.3) is 0 Å². The summed E-state index contributed by atoms with van der Waals surface area (Å²) in [6, 6.07) is 11.7. The molecule has 0 fully saturated rings. The quantitative estimate of drug-likeness (QED) is 0.551. The van der Waals surface area contributed by atoms with Gasteiger partial charge in [0.15, 0.2) is 0 Å². The predicted molar refractivity (Wildman–Crippen MR) is 64.7 cm³/mol. The van der Waals surface area contributed by atoms with E-state index >= 15 is 0 Å². The summed E-state index contributed by atoms with van der Waals surface area (Å²) in [6.45, 7) is 0. The van der Waals surface area contributed by atoms with Crippen LogP contribution >= 0.6 is 11.8 Å². The number of rotatable bonds is 2. The van der Waals surface area contributed by atoms with Crippen LogP contribution in [0.3, 0.4) is 0 Å². The molecule has 0 aliphatic rings. The fraction of sp³-hybridized carbons (Fsp3) is 0. The second-order valence-electron chi connectivity index (χ2n) is 3.32. The first-order chi connectivity index (χ1) is 7.65. The number of nitrogens with two attached hydrogens (primary N) is 1. The molecule has 16 heavy (non-hydrogen) atoms. The van der Waals surface area contributed by atoms with Crippen LogP contribution in [-0.4, -0.2) is 10.2 Å². The normalized spacial score (nSPS) is 10.2. The van der Waals surface area contributed by atoms with Gasteiger partial charge in [-0.25, -0.2) is 0 Å². The Labute approximate surface area is 97.5 Å². The van der Waals surface area contributed by atoms with E-state index in [-0.39, 0.29) is 11.5 Å². The Morgan fingerprint density at radius 1 is 0.938 bits per heavy atom. The van der Waals surface area contributed by atoms with Crippen molar-refractivity contribution in [2.75, 3.05) is 5.73 Å². The van der Waals surface area contributed by atoms with Gasteiger partial charge in [0.2, 0.25) is 0 Å². The van der Waals surface area contributed by atoms with Crippen molar-refractivity contribution in [2.45, 2.75) is 9.79 Å². The van der Waals surface area contributed by atoms with E-state index in [0.717, 1.165) is 9.79 Å². The molecule has 0 bridgehead atoms. The van der Waals surface area contributed by atoms with Gasteiger partial charge < -0.3 is 15.9 Å². The first-order valence-electron chi connectivity index (χ1n) is 4.70. The lowest BCUT2D eigenvalue weighted by molar-refractivity contribution is 0.473. The van der Waals surface area contributed by atoms with Crippen molar-refractivity contribution in [3.05, 3.63) is 42.5 Å². The van der Waals surface area contributed by atoms with Crippen molar-refractivity contribution in [1.29, 1.82) is 0 Å². The summed E-state index contributed by atoms with van der Waals surface area (Å²) in [5.74, 6) is 0.389. The molecule has 2 rings (SSSR count). The minimum Gasteiger partial charge on any atom is -0.508 e. The van der Waals surface area contributed by atoms with Crippen LogP contribution in [0, 0.1) is 0 Å². The third kappa shape index (κ3) is 2.41. The minimum absolute atomic E-state index is 0.178.